The molecule has 0 aromatic rings. The predicted molar refractivity (Wildman–Crippen MR) is 58.5 cm³/mol. The van der Waals surface area contributed by atoms with E-state index in [4.69, 9.17) is 0 Å². The van der Waals surface area contributed by atoms with Crippen molar-refractivity contribution in [2.75, 3.05) is 0 Å². The maximum Gasteiger partial charge on any atom is 3.00 e. The van der Waals surface area contributed by atoms with Crippen LogP contribution in [0.25, 0.3) is 0 Å². The van der Waals surface area contributed by atoms with Gasteiger partial charge >= 0.3 is 32.7 Å². The maximum atomic E-state index is 9.50. The summed E-state index contributed by atoms with van der Waals surface area (Å²) in [4.78, 5) is 9.50. The molecule has 0 N–H and O–H groups in total. The van der Waals surface area contributed by atoms with Gasteiger partial charge in [0, 0.05) is 0 Å². The van der Waals surface area contributed by atoms with Gasteiger partial charge in [0.1, 0.15) is 0 Å². The number of unbranched alkanes of at least 4 members (excludes halogenated alkanes) is 1. The van der Waals surface area contributed by atoms with Gasteiger partial charge in [-0.05, 0) is 0 Å². The fraction of sp³-hybridized carbons (Fsp3) is 0.545. The van der Waals surface area contributed by atoms with Gasteiger partial charge in [0.2, 0.25) is 0 Å². The van der Waals surface area contributed by atoms with E-state index in [1.54, 1.807) is 12.4 Å². The molecule has 0 aromatic carbocycles. The van der Waals surface area contributed by atoms with Gasteiger partial charge in [-0.3, -0.25) is 6.29 Å². The molecule has 0 amide bonds. The summed E-state index contributed by atoms with van der Waals surface area (Å²) < 4.78 is 0. The van der Waals surface area contributed by atoms with Gasteiger partial charge in [0.15, 0.2) is 0 Å². The Morgan fingerprint density at radius 3 is 2.00 bits per heavy atom. The number of hydrogen-bond donors (Lipinski definition) is 0. The molecule has 0 heterocycles. The summed E-state index contributed by atoms with van der Waals surface area (Å²) in [6, 6.07) is 0. The zero-order chi connectivity index (χ0) is 8.24. The first-order valence-electron chi connectivity index (χ1n) is 3.36. The maximum absolute atomic E-state index is 9.50. The number of rotatable bonds is 3. The van der Waals surface area contributed by atoms with Crippen molar-refractivity contribution in [1.29, 1.82) is 0 Å². The average molecular weight is 260 g/mol. The van der Waals surface area contributed by atoms with Crippen LogP contribution in [0, 0.1) is 13.3 Å². The van der Waals surface area contributed by atoms with Crippen LogP contribution in [-0.2, 0) is 37.5 Å². The second-order valence-electron chi connectivity index (χ2n) is 1.73. The van der Waals surface area contributed by atoms with Crippen molar-refractivity contribution in [1.82, 2.24) is 0 Å². The van der Waals surface area contributed by atoms with Gasteiger partial charge in [-0.15, -0.1) is 6.42 Å². The molecule has 2 heteroatoms. The van der Waals surface area contributed by atoms with E-state index < -0.39 is 0 Å². The molecule has 0 aliphatic rings. The minimum atomic E-state index is 0. The zero-order valence-electron chi connectivity index (χ0n) is 7.34. The summed E-state index contributed by atoms with van der Waals surface area (Å²) in [7, 11) is 0. The van der Waals surface area contributed by atoms with Crippen LogP contribution in [0.1, 0.15) is 41.5 Å². The Morgan fingerprint density at radius 2 is 1.77 bits per heavy atom. The molecule has 13 heavy (non-hydrogen) atoms. The minimum Gasteiger partial charge on any atom is -0.542 e. The van der Waals surface area contributed by atoms with E-state index in [2.05, 4.69) is 6.92 Å². The van der Waals surface area contributed by atoms with Crippen LogP contribution in [0.3, 0.4) is 0 Å². The van der Waals surface area contributed by atoms with Gasteiger partial charge in [-0.25, -0.2) is 19.1 Å². The SMILES string of the molecule is C.C.C[CH-]C.[CH2-]C=CCC[C-]=O.[Y+3]. The summed E-state index contributed by atoms with van der Waals surface area (Å²) in [6.07, 6.45) is 8.55. The first-order chi connectivity index (χ1) is 4.83. The molecular formula is C11H23OY. The first kappa shape index (κ1) is 29.2. The molecule has 0 rings (SSSR count). The van der Waals surface area contributed by atoms with E-state index in [1.165, 1.54) is 0 Å². The predicted octanol–water partition coefficient (Wildman–Crippen LogP) is 3.77. The van der Waals surface area contributed by atoms with E-state index in [9.17, 15) is 4.79 Å². The monoisotopic (exact) mass is 260 g/mol. The van der Waals surface area contributed by atoms with Crippen LogP contribution in [0.15, 0.2) is 12.2 Å². The molecule has 0 bridgehead atoms. The molecule has 0 saturated carbocycles. The van der Waals surface area contributed by atoms with Gasteiger partial charge in [-0.2, -0.15) is 20.3 Å². The zero-order valence-corrected chi connectivity index (χ0v) is 10.2. The molecule has 0 radical (unpaired) electrons. The molecule has 0 saturated heterocycles. The molecule has 0 unspecified atom stereocenters. The average Bonchev–Trinajstić information content (AvgIpc) is 1.91. The number of allylic oxidation sites excluding steroid dienone is 2. The van der Waals surface area contributed by atoms with Crippen molar-refractivity contribution in [3.63, 3.8) is 0 Å². The van der Waals surface area contributed by atoms with Crippen LogP contribution < -0.4 is 0 Å². The molecule has 0 aromatic heterocycles. The Bertz CT molecular complexity index is 80.2. The van der Waals surface area contributed by atoms with E-state index in [0.29, 0.717) is 6.42 Å². The molecule has 76 valence electrons. The van der Waals surface area contributed by atoms with Gasteiger partial charge < -0.3 is 11.2 Å². The number of hydrogen-bond acceptors (Lipinski definition) is 1. The fourth-order valence-electron chi connectivity index (χ4n) is 0.260. The standard InChI is InChI=1S/C6H8O.C3H7.2CH4.Y/c1-2-3-4-5-6-7;1-3-2;;;/h2-3H,1,4-5H2;3H,1-2H3;2*1H4;/q-2;-1;;;+3. The molecule has 0 atom stereocenters. The molecule has 0 spiro atoms. The van der Waals surface area contributed by atoms with Gasteiger partial charge in [-0.1, -0.05) is 14.9 Å². The normalized spacial score (nSPS) is 6.62. The Hall–Kier alpha value is 0.384. The molecule has 1 nitrogen and oxygen atoms in total. The van der Waals surface area contributed by atoms with Crippen molar-refractivity contribution in [3.8, 4) is 0 Å². The van der Waals surface area contributed by atoms with E-state index in [-0.39, 0.29) is 47.6 Å². The van der Waals surface area contributed by atoms with Crippen LogP contribution >= 0.6 is 0 Å². The molecule has 0 aliphatic carbocycles. The van der Waals surface area contributed by atoms with Crippen molar-refractivity contribution in [3.05, 3.63) is 25.5 Å². The van der Waals surface area contributed by atoms with Gasteiger partial charge in [0.05, 0.1) is 0 Å². The fourth-order valence-corrected chi connectivity index (χ4v) is 0.260. The van der Waals surface area contributed by atoms with Crippen LogP contribution in [-0.4, -0.2) is 6.29 Å². The van der Waals surface area contributed by atoms with Crippen LogP contribution in [0.4, 0.5) is 0 Å². The summed E-state index contributed by atoms with van der Waals surface area (Å²) in [5.41, 5.74) is 0. The largest absolute Gasteiger partial charge is 3.00 e. The molecule has 0 aliphatic heterocycles. The topological polar surface area (TPSA) is 17.1 Å². The third-order valence-corrected chi connectivity index (χ3v) is 0.580. The Balaban J connectivity index is -0.0000000320. The third-order valence-electron chi connectivity index (χ3n) is 0.580. The van der Waals surface area contributed by atoms with E-state index in [0.717, 1.165) is 6.42 Å². The van der Waals surface area contributed by atoms with Crippen molar-refractivity contribution in [2.45, 2.75) is 41.5 Å². The molecule has 0 fully saturated rings. The third kappa shape index (κ3) is 69.5. The molecular weight excluding hydrogens is 237 g/mol. The summed E-state index contributed by atoms with van der Waals surface area (Å²) in [6.45, 7) is 7.45. The van der Waals surface area contributed by atoms with Crippen molar-refractivity contribution >= 4 is 6.29 Å². The Kier molecular flexibility index (Phi) is 88.5. The smallest absolute Gasteiger partial charge is 0.542 e. The van der Waals surface area contributed by atoms with E-state index >= 15 is 0 Å². The van der Waals surface area contributed by atoms with Crippen molar-refractivity contribution < 1.29 is 37.5 Å². The quantitative estimate of drug-likeness (QED) is 0.557. The second kappa shape index (κ2) is 39.4. The summed E-state index contributed by atoms with van der Waals surface area (Å²) >= 11 is 0. The summed E-state index contributed by atoms with van der Waals surface area (Å²) in [5.74, 6) is 0. The Labute approximate surface area is 110 Å². The second-order valence-corrected chi connectivity index (χ2v) is 1.73. The van der Waals surface area contributed by atoms with Crippen LogP contribution in [0.5, 0.6) is 0 Å². The Morgan fingerprint density at radius 1 is 1.38 bits per heavy atom. The van der Waals surface area contributed by atoms with Crippen molar-refractivity contribution in [2.24, 2.45) is 0 Å². The summed E-state index contributed by atoms with van der Waals surface area (Å²) in [5, 5.41) is 0. The van der Waals surface area contributed by atoms with E-state index in [1.807, 2.05) is 26.3 Å². The number of carbonyl (C=O) groups excluding carboxylic acids is 1. The minimum absolute atomic E-state index is 0. The van der Waals surface area contributed by atoms with Gasteiger partial charge in [0.25, 0.3) is 0 Å². The van der Waals surface area contributed by atoms with Crippen LogP contribution in [0.2, 0.25) is 0 Å². The first-order valence-corrected chi connectivity index (χ1v) is 3.36.